The summed E-state index contributed by atoms with van der Waals surface area (Å²) >= 11 is 0. The molecule has 2 fully saturated rings. The third-order valence-electron chi connectivity index (χ3n) is 4.95. The maximum absolute atomic E-state index is 12.4. The zero-order valence-electron chi connectivity index (χ0n) is 12.6. The van der Waals surface area contributed by atoms with Crippen LogP contribution < -0.4 is 11.1 Å². The highest BCUT2D eigenvalue weighted by molar-refractivity contribution is 5.79. The van der Waals surface area contributed by atoms with Gasteiger partial charge in [0.1, 0.15) is 0 Å². The summed E-state index contributed by atoms with van der Waals surface area (Å²) in [6.07, 6.45) is 6.19. The van der Waals surface area contributed by atoms with Gasteiger partial charge >= 0.3 is 0 Å². The minimum absolute atomic E-state index is 0.105. The predicted molar refractivity (Wildman–Crippen MR) is 84.6 cm³/mol. The number of amides is 1. The van der Waals surface area contributed by atoms with E-state index in [1.807, 2.05) is 18.2 Å². The van der Waals surface area contributed by atoms with Crippen LogP contribution in [0.15, 0.2) is 30.3 Å². The Balaban J connectivity index is 1.50. The van der Waals surface area contributed by atoms with Crippen LogP contribution in [0.5, 0.6) is 0 Å². The van der Waals surface area contributed by atoms with Crippen molar-refractivity contribution in [1.82, 2.24) is 5.32 Å². The molecular weight excluding hydrogens is 260 g/mol. The zero-order valence-corrected chi connectivity index (χ0v) is 12.6. The van der Waals surface area contributed by atoms with Gasteiger partial charge in [-0.05, 0) is 55.4 Å². The van der Waals surface area contributed by atoms with Crippen molar-refractivity contribution >= 4 is 5.91 Å². The Kier molecular flexibility index (Phi) is 4.59. The van der Waals surface area contributed by atoms with Crippen LogP contribution in [0.3, 0.4) is 0 Å². The summed E-state index contributed by atoms with van der Waals surface area (Å²) in [5.74, 6) is 2.51. The quantitative estimate of drug-likeness (QED) is 0.771. The molecule has 3 rings (SSSR count). The lowest BCUT2D eigenvalue weighted by Crippen LogP contribution is -2.39. The number of benzene rings is 1. The Bertz CT molecular complexity index is 453. The second-order valence-corrected chi connectivity index (χ2v) is 6.71. The summed E-state index contributed by atoms with van der Waals surface area (Å²) in [5.41, 5.74) is 7.00. The second-order valence-electron chi connectivity index (χ2n) is 6.71. The highest BCUT2D eigenvalue weighted by atomic mass is 16.1. The van der Waals surface area contributed by atoms with Crippen LogP contribution >= 0.6 is 0 Å². The van der Waals surface area contributed by atoms with Crippen molar-refractivity contribution in [3.8, 4) is 0 Å². The molecule has 1 aromatic rings. The molecule has 3 N–H and O–H groups in total. The molecule has 114 valence electrons. The molecule has 0 radical (unpaired) electrons. The molecule has 0 spiro atoms. The molecule has 1 aromatic carbocycles. The molecule has 3 heteroatoms. The van der Waals surface area contributed by atoms with Crippen molar-refractivity contribution < 1.29 is 4.79 Å². The molecular formula is C18H26N2O. The van der Waals surface area contributed by atoms with Gasteiger partial charge < -0.3 is 11.1 Å². The Labute approximate surface area is 127 Å². The number of carbonyl (C=O) groups is 1. The zero-order chi connectivity index (χ0) is 14.7. The molecule has 0 aliphatic heterocycles. The molecule has 2 aliphatic rings. The van der Waals surface area contributed by atoms with Crippen LogP contribution in [0.1, 0.15) is 31.2 Å². The van der Waals surface area contributed by atoms with Gasteiger partial charge in [-0.25, -0.2) is 0 Å². The number of nitrogens with one attached hydrogen (secondary N) is 1. The highest BCUT2D eigenvalue weighted by Gasteiger charge is 2.41. The number of rotatable bonds is 8. The van der Waals surface area contributed by atoms with Crippen molar-refractivity contribution in [1.29, 1.82) is 0 Å². The van der Waals surface area contributed by atoms with E-state index >= 15 is 0 Å². The van der Waals surface area contributed by atoms with Gasteiger partial charge in [0.05, 0.1) is 5.92 Å². The fraction of sp³-hybridized carbons (Fsp3) is 0.611. The highest BCUT2D eigenvalue weighted by Crippen LogP contribution is 2.48. The summed E-state index contributed by atoms with van der Waals surface area (Å²) in [6, 6.07) is 10.1. The van der Waals surface area contributed by atoms with Gasteiger partial charge in [-0.15, -0.1) is 0 Å². The van der Waals surface area contributed by atoms with E-state index in [-0.39, 0.29) is 11.8 Å². The lowest BCUT2D eigenvalue weighted by Gasteiger charge is -2.19. The molecule has 0 heterocycles. The number of hydrogen-bond donors (Lipinski definition) is 2. The van der Waals surface area contributed by atoms with Gasteiger partial charge in [0.2, 0.25) is 5.91 Å². The summed E-state index contributed by atoms with van der Waals surface area (Å²) in [5, 5.41) is 3.18. The summed E-state index contributed by atoms with van der Waals surface area (Å²) in [7, 11) is 0. The number of hydrogen-bond acceptors (Lipinski definition) is 2. The monoisotopic (exact) mass is 286 g/mol. The third kappa shape index (κ3) is 4.07. The fourth-order valence-corrected chi connectivity index (χ4v) is 3.31. The summed E-state index contributed by atoms with van der Waals surface area (Å²) < 4.78 is 0. The van der Waals surface area contributed by atoms with Crippen molar-refractivity contribution in [2.24, 2.45) is 29.4 Å². The lowest BCUT2D eigenvalue weighted by molar-refractivity contribution is -0.124. The van der Waals surface area contributed by atoms with Gasteiger partial charge in [-0.1, -0.05) is 30.3 Å². The average Bonchev–Trinajstić information content (AvgIpc) is 3.38. The van der Waals surface area contributed by atoms with Crippen molar-refractivity contribution in [3.63, 3.8) is 0 Å². The van der Waals surface area contributed by atoms with E-state index < -0.39 is 0 Å². The first-order chi connectivity index (χ1) is 10.3. The van der Waals surface area contributed by atoms with Gasteiger partial charge in [-0.2, -0.15) is 0 Å². The smallest absolute Gasteiger partial charge is 0.224 e. The molecule has 2 saturated carbocycles. The van der Waals surface area contributed by atoms with Crippen LogP contribution in [0.2, 0.25) is 0 Å². The van der Waals surface area contributed by atoms with E-state index in [0.29, 0.717) is 6.54 Å². The van der Waals surface area contributed by atoms with E-state index in [4.69, 9.17) is 5.73 Å². The topological polar surface area (TPSA) is 55.1 Å². The van der Waals surface area contributed by atoms with Gasteiger partial charge in [0.15, 0.2) is 0 Å². The van der Waals surface area contributed by atoms with E-state index in [1.165, 1.54) is 31.2 Å². The Morgan fingerprint density at radius 2 is 1.76 bits per heavy atom. The predicted octanol–water partition coefficient (Wildman–Crippen LogP) is 2.36. The largest absolute Gasteiger partial charge is 0.356 e. The first-order valence-corrected chi connectivity index (χ1v) is 8.29. The van der Waals surface area contributed by atoms with E-state index in [0.717, 1.165) is 30.7 Å². The third-order valence-corrected chi connectivity index (χ3v) is 4.95. The lowest BCUT2D eigenvalue weighted by atomic mass is 9.96. The van der Waals surface area contributed by atoms with Crippen LogP contribution in [0.25, 0.3) is 0 Å². The standard InChI is InChI=1S/C18H26N2O/c19-11-16(10-13-4-2-1-3-5-13)18(21)20-12-17(14-6-7-14)15-8-9-15/h1-5,14-17H,6-12,19H2,(H,20,21). The van der Waals surface area contributed by atoms with E-state index in [9.17, 15) is 4.79 Å². The van der Waals surface area contributed by atoms with Crippen LogP contribution in [0, 0.1) is 23.7 Å². The Hall–Kier alpha value is -1.35. The molecule has 0 aromatic heterocycles. The fourth-order valence-electron chi connectivity index (χ4n) is 3.31. The summed E-state index contributed by atoms with van der Waals surface area (Å²) in [4.78, 5) is 12.4. The van der Waals surface area contributed by atoms with Crippen molar-refractivity contribution in [2.75, 3.05) is 13.1 Å². The molecule has 1 amide bonds. The molecule has 0 bridgehead atoms. The molecule has 3 nitrogen and oxygen atoms in total. The van der Waals surface area contributed by atoms with Crippen LogP contribution in [-0.2, 0) is 11.2 Å². The first kappa shape index (κ1) is 14.6. The average molecular weight is 286 g/mol. The molecule has 2 aliphatic carbocycles. The van der Waals surface area contributed by atoms with E-state index in [1.54, 1.807) is 0 Å². The molecule has 0 saturated heterocycles. The number of nitrogens with two attached hydrogens (primary N) is 1. The molecule has 21 heavy (non-hydrogen) atoms. The van der Waals surface area contributed by atoms with Crippen LogP contribution in [0.4, 0.5) is 0 Å². The molecule has 1 unspecified atom stereocenters. The van der Waals surface area contributed by atoms with Gasteiger partial charge in [0, 0.05) is 13.1 Å². The van der Waals surface area contributed by atoms with Gasteiger partial charge in [0.25, 0.3) is 0 Å². The van der Waals surface area contributed by atoms with Crippen LogP contribution in [-0.4, -0.2) is 19.0 Å². The van der Waals surface area contributed by atoms with Crippen molar-refractivity contribution in [2.45, 2.75) is 32.1 Å². The second kappa shape index (κ2) is 6.61. The van der Waals surface area contributed by atoms with Gasteiger partial charge in [-0.3, -0.25) is 4.79 Å². The Morgan fingerprint density at radius 1 is 1.14 bits per heavy atom. The minimum atomic E-state index is -0.105. The normalized spacial score (nSPS) is 19.5. The maximum atomic E-state index is 12.4. The van der Waals surface area contributed by atoms with E-state index in [2.05, 4.69) is 17.4 Å². The minimum Gasteiger partial charge on any atom is -0.356 e. The Morgan fingerprint density at radius 3 is 2.29 bits per heavy atom. The summed E-state index contributed by atoms with van der Waals surface area (Å²) in [6.45, 7) is 1.28. The van der Waals surface area contributed by atoms with Crippen molar-refractivity contribution in [3.05, 3.63) is 35.9 Å². The maximum Gasteiger partial charge on any atom is 0.224 e. The number of carbonyl (C=O) groups excluding carboxylic acids is 1. The SMILES string of the molecule is NCC(Cc1ccccc1)C(=O)NCC(C1CC1)C1CC1. The molecule has 1 atom stereocenters. The first-order valence-electron chi connectivity index (χ1n) is 8.29.